The number of hydrogen-bond donors (Lipinski definition) is 7. The number of phenols is 6. The van der Waals surface area contributed by atoms with Crippen molar-refractivity contribution in [2.24, 2.45) is 0 Å². The van der Waals surface area contributed by atoms with Gasteiger partial charge in [0.1, 0.15) is 5.75 Å². The standard InChI is InChI=1S/C11H14O.C7H6O5.C6H6O3.C2H6/c1-8-6-9(2)10-4-3-5-12-11(10)7-8;8-4-1-3(7(11)12)2-5(9)6(4)10;7-4-2-1-3-5(8)6(4)9;1-2/h6-7H,3-5H2,1-2H3;1-2,8-10H,(H,11,12);1-3,7-9H;1-2H3. The van der Waals surface area contributed by atoms with Crippen LogP contribution < -0.4 is 4.74 Å². The maximum Gasteiger partial charge on any atom is 0.335 e. The molecule has 190 valence electrons. The number of aromatic carboxylic acids is 1. The third-order valence-corrected chi connectivity index (χ3v) is 4.72. The molecule has 7 N–H and O–H groups in total. The van der Waals surface area contributed by atoms with E-state index in [-0.39, 0.29) is 17.1 Å². The first-order valence-electron chi connectivity index (χ1n) is 10.9. The lowest BCUT2D eigenvalue weighted by Gasteiger charge is -2.19. The summed E-state index contributed by atoms with van der Waals surface area (Å²) >= 11 is 0. The first kappa shape index (κ1) is 28.8. The Morgan fingerprint density at radius 2 is 1.31 bits per heavy atom. The number of carboxylic acid groups (broad SMARTS) is 1. The van der Waals surface area contributed by atoms with Gasteiger partial charge in [0.15, 0.2) is 34.5 Å². The zero-order valence-corrected chi connectivity index (χ0v) is 20.1. The van der Waals surface area contributed by atoms with E-state index in [0.717, 1.165) is 30.9 Å². The molecule has 1 heterocycles. The van der Waals surface area contributed by atoms with Gasteiger partial charge >= 0.3 is 5.97 Å². The third kappa shape index (κ3) is 8.22. The Kier molecular flexibility index (Phi) is 11.0. The number of benzene rings is 3. The second kappa shape index (κ2) is 13.4. The number of carbonyl (C=O) groups is 1. The van der Waals surface area contributed by atoms with Crippen molar-refractivity contribution in [1.29, 1.82) is 0 Å². The number of ether oxygens (including phenoxy) is 1. The molecule has 0 fully saturated rings. The van der Waals surface area contributed by atoms with Crippen molar-refractivity contribution < 1.29 is 45.3 Å². The van der Waals surface area contributed by atoms with Crippen molar-refractivity contribution >= 4 is 5.97 Å². The smallest absolute Gasteiger partial charge is 0.335 e. The van der Waals surface area contributed by atoms with E-state index in [9.17, 15) is 4.79 Å². The van der Waals surface area contributed by atoms with Gasteiger partial charge in [-0.25, -0.2) is 4.79 Å². The fraction of sp³-hybridized carbons (Fsp3) is 0.269. The summed E-state index contributed by atoms with van der Waals surface area (Å²) in [6.45, 7) is 9.17. The summed E-state index contributed by atoms with van der Waals surface area (Å²) in [7, 11) is 0. The molecule has 3 aromatic rings. The van der Waals surface area contributed by atoms with Gasteiger partial charge in [0.05, 0.1) is 12.2 Å². The molecule has 3 aromatic carbocycles. The number of aromatic hydroxyl groups is 6. The van der Waals surface area contributed by atoms with E-state index >= 15 is 0 Å². The minimum atomic E-state index is -1.29. The molecule has 9 nitrogen and oxygen atoms in total. The predicted octanol–water partition coefficient (Wildman–Crippen LogP) is 4.96. The number of fused-ring (bicyclic) bond motifs is 1. The van der Waals surface area contributed by atoms with Crippen molar-refractivity contribution in [2.75, 3.05) is 6.61 Å². The summed E-state index contributed by atoms with van der Waals surface area (Å²) in [5.41, 5.74) is 3.80. The van der Waals surface area contributed by atoms with Crippen LogP contribution in [0, 0.1) is 13.8 Å². The Morgan fingerprint density at radius 1 is 0.800 bits per heavy atom. The van der Waals surface area contributed by atoms with Gasteiger partial charge in [-0.1, -0.05) is 26.0 Å². The second-order valence-corrected chi connectivity index (χ2v) is 7.32. The molecule has 0 spiro atoms. The monoisotopic (exact) mass is 488 g/mol. The van der Waals surface area contributed by atoms with Crippen LogP contribution in [0.3, 0.4) is 0 Å². The molecular formula is C26H32O9. The Bertz CT molecular complexity index is 1100. The number of carboxylic acids is 1. The van der Waals surface area contributed by atoms with Crippen molar-refractivity contribution in [3.8, 4) is 40.2 Å². The van der Waals surface area contributed by atoms with Gasteiger partial charge in [-0.2, -0.15) is 0 Å². The number of rotatable bonds is 1. The fourth-order valence-corrected chi connectivity index (χ4v) is 3.09. The van der Waals surface area contributed by atoms with Crippen LogP contribution >= 0.6 is 0 Å². The maximum atomic E-state index is 10.3. The molecule has 0 radical (unpaired) electrons. The van der Waals surface area contributed by atoms with Crippen molar-refractivity contribution in [3.63, 3.8) is 0 Å². The predicted molar refractivity (Wildman–Crippen MR) is 131 cm³/mol. The third-order valence-electron chi connectivity index (χ3n) is 4.72. The average Bonchev–Trinajstić information content (AvgIpc) is 2.82. The first-order chi connectivity index (χ1) is 16.5. The Morgan fingerprint density at radius 3 is 1.80 bits per heavy atom. The highest BCUT2D eigenvalue weighted by atomic mass is 16.5. The zero-order valence-electron chi connectivity index (χ0n) is 20.1. The number of phenolic OH excluding ortho intramolecular Hbond substituents is 6. The van der Waals surface area contributed by atoms with Crippen LogP contribution in [0.4, 0.5) is 0 Å². The summed E-state index contributed by atoms with van der Waals surface area (Å²) in [6.07, 6.45) is 2.35. The largest absolute Gasteiger partial charge is 0.504 e. The molecule has 0 saturated heterocycles. The summed E-state index contributed by atoms with van der Waals surface area (Å²) in [5.74, 6) is -3.32. The molecular weight excluding hydrogens is 456 g/mol. The normalized spacial score (nSPS) is 11.1. The first-order valence-corrected chi connectivity index (χ1v) is 10.9. The van der Waals surface area contributed by atoms with Crippen LogP contribution in [-0.2, 0) is 6.42 Å². The van der Waals surface area contributed by atoms with E-state index in [1.807, 2.05) is 13.8 Å². The molecule has 1 aliphatic rings. The molecule has 0 amide bonds. The molecule has 0 atom stereocenters. The van der Waals surface area contributed by atoms with Crippen LogP contribution in [0.15, 0.2) is 42.5 Å². The molecule has 0 aromatic heterocycles. The number of para-hydroxylation sites is 1. The lowest BCUT2D eigenvalue weighted by atomic mass is 9.99. The number of aryl methyl sites for hydroxylation is 2. The van der Waals surface area contributed by atoms with Gasteiger partial charge in [-0.3, -0.25) is 0 Å². The second-order valence-electron chi connectivity index (χ2n) is 7.32. The van der Waals surface area contributed by atoms with Crippen LogP contribution in [0.5, 0.6) is 40.2 Å². The minimum absolute atomic E-state index is 0.289. The summed E-state index contributed by atoms with van der Waals surface area (Å²) in [6, 6.07) is 10.1. The highest BCUT2D eigenvalue weighted by molar-refractivity contribution is 5.89. The maximum absolute atomic E-state index is 10.3. The molecule has 9 heteroatoms. The molecule has 0 bridgehead atoms. The average molecular weight is 489 g/mol. The van der Waals surface area contributed by atoms with Crippen LogP contribution in [0.2, 0.25) is 0 Å². The minimum Gasteiger partial charge on any atom is -0.504 e. The Labute approximate surface area is 203 Å². The highest BCUT2D eigenvalue weighted by Gasteiger charge is 2.13. The lowest BCUT2D eigenvalue weighted by Crippen LogP contribution is -2.09. The molecule has 4 rings (SSSR count). The van der Waals surface area contributed by atoms with Gasteiger partial charge in [0, 0.05) is 0 Å². The number of hydrogen-bond acceptors (Lipinski definition) is 8. The molecule has 0 aliphatic carbocycles. The van der Waals surface area contributed by atoms with Gasteiger partial charge < -0.3 is 40.5 Å². The fourth-order valence-electron chi connectivity index (χ4n) is 3.09. The van der Waals surface area contributed by atoms with Crippen molar-refractivity contribution in [2.45, 2.75) is 40.5 Å². The molecule has 0 unspecified atom stereocenters. The van der Waals surface area contributed by atoms with Gasteiger partial charge in [-0.05, 0) is 73.7 Å². The summed E-state index contributed by atoms with van der Waals surface area (Å²) in [4.78, 5) is 10.3. The Balaban J connectivity index is 0.000000256. The SMILES string of the molecule is CC.Cc1cc(C)c2c(c1)OCCC2.O=C(O)c1cc(O)c(O)c(O)c1.Oc1cccc(O)c1O. The topological polar surface area (TPSA) is 168 Å². The van der Waals surface area contributed by atoms with Gasteiger partial charge in [0.2, 0.25) is 0 Å². The van der Waals surface area contributed by atoms with E-state index in [1.54, 1.807) is 0 Å². The van der Waals surface area contributed by atoms with Crippen LogP contribution in [0.25, 0.3) is 0 Å². The van der Waals surface area contributed by atoms with E-state index in [0.29, 0.717) is 0 Å². The lowest BCUT2D eigenvalue weighted by molar-refractivity contribution is 0.0695. The quantitative estimate of drug-likeness (QED) is 0.234. The molecule has 0 saturated carbocycles. The highest BCUT2D eigenvalue weighted by Crippen LogP contribution is 2.35. The van der Waals surface area contributed by atoms with E-state index in [2.05, 4.69) is 26.0 Å². The van der Waals surface area contributed by atoms with E-state index < -0.39 is 29.0 Å². The van der Waals surface area contributed by atoms with Gasteiger partial charge in [0.25, 0.3) is 0 Å². The van der Waals surface area contributed by atoms with Crippen LogP contribution in [-0.4, -0.2) is 48.3 Å². The molecule has 35 heavy (non-hydrogen) atoms. The molecule has 1 aliphatic heterocycles. The zero-order chi connectivity index (χ0) is 26.7. The van der Waals surface area contributed by atoms with Crippen molar-refractivity contribution in [3.05, 3.63) is 64.7 Å². The van der Waals surface area contributed by atoms with Gasteiger partial charge in [-0.15, -0.1) is 0 Å². The summed E-state index contributed by atoms with van der Waals surface area (Å²) < 4.78 is 5.59. The van der Waals surface area contributed by atoms with E-state index in [1.165, 1.54) is 41.3 Å². The van der Waals surface area contributed by atoms with Crippen LogP contribution in [0.1, 0.15) is 47.3 Å². The summed E-state index contributed by atoms with van der Waals surface area (Å²) in [5, 5.41) is 61.0. The Hall–Kier alpha value is -4.27. The van der Waals surface area contributed by atoms with Crippen molar-refractivity contribution in [1.82, 2.24) is 0 Å². The van der Waals surface area contributed by atoms with E-state index in [4.69, 9.17) is 40.5 Å².